The number of carbonyl (C=O) groups is 2. The normalized spacial score (nSPS) is 11.8. The number of rotatable bonds is 4. The van der Waals surface area contributed by atoms with Crippen molar-refractivity contribution < 1.29 is 14.0 Å². The maximum Gasteiger partial charge on any atom is 0.321 e. The summed E-state index contributed by atoms with van der Waals surface area (Å²) >= 11 is 11.6. The van der Waals surface area contributed by atoms with Crippen LogP contribution in [0.4, 0.5) is 9.18 Å². The predicted octanol–water partition coefficient (Wildman–Crippen LogP) is 2.24. The standard InChI is InChI=1S/C12H14Cl2FN3O2/c1-6(17-5-11(19)18-12(20)16-2)7-3-10(15)9(14)4-8(7)13/h3-4,6,17H,5H2,1-2H3,(H2,16,18,19,20)/t6-/m1/s1. The van der Waals surface area contributed by atoms with Crippen LogP contribution in [0, 0.1) is 5.82 Å². The second-order valence-electron chi connectivity index (χ2n) is 4.02. The first kappa shape index (κ1) is 16.7. The van der Waals surface area contributed by atoms with Crippen LogP contribution < -0.4 is 16.0 Å². The molecule has 5 nitrogen and oxygen atoms in total. The Morgan fingerprint density at radius 2 is 1.95 bits per heavy atom. The van der Waals surface area contributed by atoms with Gasteiger partial charge in [-0.2, -0.15) is 0 Å². The van der Waals surface area contributed by atoms with Crippen LogP contribution in [-0.2, 0) is 4.79 Å². The van der Waals surface area contributed by atoms with Gasteiger partial charge >= 0.3 is 6.03 Å². The number of amides is 3. The SMILES string of the molecule is CNC(=O)NC(=O)CN[C@H](C)c1cc(F)c(Cl)cc1Cl. The highest BCUT2D eigenvalue weighted by molar-refractivity contribution is 6.35. The molecule has 0 bridgehead atoms. The molecule has 110 valence electrons. The van der Waals surface area contributed by atoms with Gasteiger partial charge in [0.2, 0.25) is 5.91 Å². The molecule has 3 N–H and O–H groups in total. The van der Waals surface area contributed by atoms with Crippen molar-refractivity contribution in [1.82, 2.24) is 16.0 Å². The smallest absolute Gasteiger partial charge is 0.321 e. The average Bonchev–Trinajstić information content (AvgIpc) is 2.40. The van der Waals surface area contributed by atoms with Crippen molar-refractivity contribution >= 4 is 35.1 Å². The summed E-state index contributed by atoms with van der Waals surface area (Å²) in [6.45, 7) is 1.59. The zero-order valence-electron chi connectivity index (χ0n) is 10.9. The molecule has 1 atom stereocenters. The van der Waals surface area contributed by atoms with Crippen molar-refractivity contribution in [2.24, 2.45) is 0 Å². The first-order valence-electron chi connectivity index (χ1n) is 5.74. The van der Waals surface area contributed by atoms with E-state index in [0.717, 1.165) is 0 Å². The highest BCUT2D eigenvalue weighted by atomic mass is 35.5. The maximum atomic E-state index is 13.4. The van der Waals surface area contributed by atoms with Crippen molar-refractivity contribution in [2.45, 2.75) is 13.0 Å². The lowest BCUT2D eigenvalue weighted by Crippen LogP contribution is -2.42. The molecular weight excluding hydrogens is 308 g/mol. The third-order valence-corrected chi connectivity index (χ3v) is 3.17. The minimum atomic E-state index is -0.597. The van der Waals surface area contributed by atoms with E-state index < -0.39 is 17.8 Å². The van der Waals surface area contributed by atoms with Gasteiger partial charge in [0.05, 0.1) is 11.6 Å². The van der Waals surface area contributed by atoms with Crippen LogP contribution >= 0.6 is 23.2 Å². The molecule has 0 saturated heterocycles. The molecule has 3 amide bonds. The van der Waals surface area contributed by atoms with E-state index in [1.807, 2.05) is 0 Å². The number of carbonyl (C=O) groups excluding carboxylic acids is 2. The Bertz CT molecular complexity index is 526. The van der Waals surface area contributed by atoms with E-state index in [2.05, 4.69) is 16.0 Å². The second kappa shape index (κ2) is 7.42. The number of nitrogens with one attached hydrogen (secondary N) is 3. The Balaban J connectivity index is 2.63. The van der Waals surface area contributed by atoms with Gasteiger partial charge in [-0.25, -0.2) is 9.18 Å². The molecule has 20 heavy (non-hydrogen) atoms. The topological polar surface area (TPSA) is 70.2 Å². The molecular formula is C12H14Cl2FN3O2. The van der Waals surface area contributed by atoms with Gasteiger partial charge in [-0.05, 0) is 24.6 Å². The first-order valence-corrected chi connectivity index (χ1v) is 6.50. The van der Waals surface area contributed by atoms with E-state index in [9.17, 15) is 14.0 Å². The van der Waals surface area contributed by atoms with Crippen LogP contribution in [-0.4, -0.2) is 25.5 Å². The summed E-state index contributed by atoms with van der Waals surface area (Å²) in [5.74, 6) is -1.10. The van der Waals surface area contributed by atoms with Crippen molar-refractivity contribution in [3.05, 3.63) is 33.6 Å². The summed E-state index contributed by atoms with van der Waals surface area (Å²) in [4.78, 5) is 22.3. The third-order valence-electron chi connectivity index (χ3n) is 2.55. The Hall–Kier alpha value is -1.37. The first-order chi connectivity index (χ1) is 9.35. The molecule has 0 spiro atoms. The van der Waals surface area contributed by atoms with E-state index in [1.165, 1.54) is 19.2 Å². The zero-order valence-corrected chi connectivity index (χ0v) is 12.4. The summed E-state index contributed by atoms with van der Waals surface area (Å²) in [5.41, 5.74) is 0.473. The quantitative estimate of drug-likeness (QED) is 0.745. The van der Waals surface area contributed by atoms with Gasteiger partial charge in [-0.15, -0.1) is 0 Å². The molecule has 1 rings (SSSR count). The molecule has 0 fully saturated rings. The highest BCUT2D eigenvalue weighted by Crippen LogP contribution is 2.28. The number of urea groups is 1. The summed E-state index contributed by atoms with van der Waals surface area (Å²) < 4.78 is 13.4. The second-order valence-corrected chi connectivity index (χ2v) is 4.83. The lowest BCUT2D eigenvalue weighted by molar-refractivity contribution is -0.119. The van der Waals surface area contributed by atoms with Gasteiger partial charge in [0.15, 0.2) is 0 Å². The van der Waals surface area contributed by atoms with Crippen LogP contribution in [0.1, 0.15) is 18.5 Å². The third kappa shape index (κ3) is 4.63. The molecule has 1 aromatic rings. The fraction of sp³-hybridized carbons (Fsp3) is 0.333. The number of hydrogen-bond acceptors (Lipinski definition) is 3. The van der Waals surface area contributed by atoms with E-state index >= 15 is 0 Å². The summed E-state index contributed by atoms with van der Waals surface area (Å²) in [6.07, 6.45) is 0. The number of hydrogen-bond donors (Lipinski definition) is 3. The summed E-state index contributed by atoms with van der Waals surface area (Å²) in [5, 5.41) is 7.40. The van der Waals surface area contributed by atoms with Gasteiger partial charge in [-0.3, -0.25) is 10.1 Å². The monoisotopic (exact) mass is 321 g/mol. The van der Waals surface area contributed by atoms with Crippen molar-refractivity contribution in [3.63, 3.8) is 0 Å². The van der Waals surface area contributed by atoms with Crippen molar-refractivity contribution in [3.8, 4) is 0 Å². The van der Waals surface area contributed by atoms with Crippen LogP contribution in [0.5, 0.6) is 0 Å². The van der Waals surface area contributed by atoms with E-state index in [1.54, 1.807) is 6.92 Å². The predicted molar refractivity (Wildman–Crippen MR) is 75.4 cm³/mol. The van der Waals surface area contributed by atoms with Crippen LogP contribution in [0.3, 0.4) is 0 Å². The van der Waals surface area contributed by atoms with Gasteiger partial charge in [-0.1, -0.05) is 23.2 Å². The van der Waals surface area contributed by atoms with Crippen molar-refractivity contribution in [1.29, 1.82) is 0 Å². The summed E-state index contributed by atoms with van der Waals surface area (Å²) in [6, 6.07) is 1.53. The largest absolute Gasteiger partial charge is 0.341 e. The van der Waals surface area contributed by atoms with Gasteiger partial charge in [0.25, 0.3) is 0 Å². The Morgan fingerprint density at radius 3 is 2.55 bits per heavy atom. The molecule has 0 saturated carbocycles. The molecule has 0 aliphatic rings. The van der Waals surface area contributed by atoms with Gasteiger partial charge in [0, 0.05) is 18.1 Å². The zero-order chi connectivity index (χ0) is 15.3. The Morgan fingerprint density at radius 1 is 1.30 bits per heavy atom. The van der Waals surface area contributed by atoms with Crippen LogP contribution in [0.15, 0.2) is 12.1 Å². The van der Waals surface area contributed by atoms with E-state index in [0.29, 0.717) is 10.6 Å². The fourth-order valence-corrected chi connectivity index (χ4v) is 2.01. The number of imide groups is 1. The van der Waals surface area contributed by atoms with Crippen LogP contribution in [0.2, 0.25) is 10.0 Å². The number of halogens is 3. The lowest BCUT2D eigenvalue weighted by Gasteiger charge is -2.16. The molecule has 0 aromatic heterocycles. The summed E-state index contributed by atoms with van der Waals surface area (Å²) in [7, 11) is 1.40. The van der Waals surface area contributed by atoms with E-state index in [-0.39, 0.29) is 17.6 Å². The minimum Gasteiger partial charge on any atom is -0.341 e. The van der Waals surface area contributed by atoms with Gasteiger partial charge < -0.3 is 10.6 Å². The molecule has 1 aromatic carbocycles. The number of benzene rings is 1. The lowest BCUT2D eigenvalue weighted by atomic mass is 10.1. The van der Waals surface area contributed by atoms with Crippen LogP contribution in [0.25, 0.3) is 0 Å². The Labute approximate surface area is 125 Å². The van der Waals surface area contributed by atoms with Crippen molar-refractivity contribution in [2.75, 3.05) is 13.6 Å². The molecule has 0 heterocycles. The minimum absolute atomic E-state index is 0.0664. The van der Waals surface area contributed by atoms with E-state index in [4.69, 9.17) is 23.2 Å². The highest BCUT2D eigenvalue weighted by Gasteiger charge is 2.14. The molecule has 8 heteroatoms. The molecule has 0 aliphatic carbocycles. The molecule has 0 aliphatic heterocycles. The van der Waals surface area contributed by atoms with Gasteiger partial charge in [0.1, 0.15) is 5.82 Å². The fourth-order valence-electron chi connectivity index (χ4n) is 1.46. The molecule has 0 radical (unpaired) electrons. The Kier molecular flexibility index (Phi) is 6.19. The molecule has 0 unspecified atom stereocenters. The average molecular weight is 322 g/mol. The maximum absolute atomic E-state index is 13.4.